The number of methoxy groups -OCH3 is 2. The zero-order chi connectivity index (χ0) is 19.1. The zero-order valence-electron chi connectivity index (χ0n) is 14.2. The van der Waals surface area contributed by atoms with Crippen LogP contribution in [0.15, 0.2) is 46.0 Å². The number of rotatable bonds is 6. The Bertz CT molecular complexity index is 830. The van der Waals surface area contributed by atoms with E-state index in [1.807, 2.05) is 0 Å². The van der Waals surface area contributed by atoms with Crippen molar-refractivity contribution >= 4 is 35.0 Å². The molecule has 8 nitrogen and oxygen atoms in total. The van der Waals surface area contributed by atoms with E-state index in [0.717, 1.165) is 17.8 Å². The van der Waals surface area contributed by atoms with Crippen LogP contribution in [-0.4, -0.2) is 42.6 Å². The van der Waals surface area contributed by atoms with E-state index in [0.29, 0.717) is 23.3 Å². The molecule has 1 heterocycles. The number of benzene rings is 1. The Morgan fingerprint density at radius 1 is 1.42 bits per heavy atom. The van der Waals surface area contributed by atoms with Crippen LogP contribution in [0.25, 0.3) is 0 Å². The average Bonchev–Trinajstić information content (AvgIpc) is 2.96. The molecule has 1 aromatic rings. The van der Waals surface area contributed by atoms with Gasteiger partial charge in [0.25, 0.3) is 5.91 Å². The maximum absolute atomic E-state index is 11.7. The van der Waals surface area contributed by atoms with Gasteiger partial charge in [-0.05, 0) is 35.9 Å². The second-order valence-corrected chi connectivity index (χ2v) is 5.99. The number of phenols is 1. The summed E-state index contributed by atoms with van der Waals surface area (Å²) in [7, 11) is 2.68. The van der Waals surface area contributed by atoms with E-state index in [2.05, 4.69) is 26.8 Å². The quantitative estimate of drug-likeness (QED) is 0.258. The summed E-state index contributed by atoms with van der Waals surface area (Å²) in [6, 6.07) is 3.33. The first-order chi connectivity index (χ1) is 12.5. The number of carbonyl (C=O) groups excluding carboxylic acids is 2. The Balaban J connectivity index is 2.18. The summed E-state index contributed by atoms with van der Waals surface area (Å²) in [5.41, 5.74) is 1.29. The van der Waals surface area contributed by atoms with Gasteiger partial charge in [-0.3, -0.25) is 10.1 Å². The van der Waals surface area contributed by atoms with Crippen LogP contribution in [0, 0.1) is 0 Å². The summed E-state index contributed by atoms with van der Waals surface area (Å²) in [5, 5.41) is 20.6. The summed E-state index contributed by atoms with van der Waals surface area (Å²) in [6.07, 6.45) is 4.66. The fourth-order valence-electron chi connectivity index (χ4n) is 2.02. The van der Waals surface area contributed by atoms with Gasteiger partial charge in [-0.2, -0.15) is 5.10 Å². The van der Waals surface area contributed by atoms with E-state index >= 15 is 0 Å². The van der Waals surface area contributed by atoms with Crippen LogP contribution in [-0.2, 0) is 20.7 Å². The number of allylic oxidation sites excluding steroid dienone is 1. The van der Waals surface area contributed by atoms with Gasteiger partial charge in [-0.1, -0.05) is 6.08 Å². The maximum atomic E-state index is 11.7. The van der Waals surface area contributed by atoms with Gasteiger partial charge in [-0.25, -0.2) is 4.79 Å². The monoisotopic (exact) mass is 375 g/mol. The molecular formula is C17H17N3O5S. The first-order valence-corrected chi connectivity index (χ1v) is 8.20. The van der Waals surface area contributed by atoms with E-state index in [4.69, 9.17) is 4.74 Å². The third-order valence-corrected chi connectivity index (χ3v) is 4.12. The Labute approximate surface area is 154 Å². The molecule has 0 aliphatic carbocycles. The normalized spacial score (nSPS) is 16.9. The Kier molecular flexibility index (Phi) is 6.56. The molecule has 26 heavy (non-hydrogen) atoms. The van der Waals surface area contributed by atoms with E-state index in [-0.39, 0.29) is 15.8 Å². The van der Waals surface area contributed by atoms with Crippen molar-refractivity contribution in [2.45, 2.75) is 6.42 Å². The van der Waals surface area contributed by atoms with E-state index in [1.54, 1.807) is 18.2 Å². The van der Waals surface area contributed by atoms with Gasteiger partial charge in [-0.15, -0.1) is 11.7 Å². The summed E-state index contributed by atoms with van der Waals surface area (Å²) < 4.78 is 9.61. The number of amides is 1. The second kappa shape index (κ2) is 8.86. The summed E-state index contributed by atoms with van der Waals surface area (Å²) >= 11 is 0.977. The van der Waals surface area contributed by atoms with Crippen LogP contribution < -0.4 is 10.1 Å². The van der Waals surface area contributed by atoms with Crippen LogP contribution in [0.3, 0.4) is 0 Å². The van der Waals surface area contributed by atoms with Gasteiger partial charge in [0.1, 0.15) is 0 Å². The van der Waals surface area contributed by atoms with Gasteiger partial charge in [0.05, 0.1) is 25.3 Å². The minimum atomic E-state index is -0.627. The van der Waals surface area contributed by atoms with Crippen LogP contribution >= 0.6 is 11.8 Å². The van der Waals surface area contributed by atoms with Crippen LogP contribution in [0.1, 0.15) is 11.1 Å². The predicted octanol–water partition coefficient (Wildman–Crippen LogP) is 1.74. The number of thioether (sulfide) groups is 1. The fourth-order valence-corrected chi connectivity index (χ4v) is 2.76. The minimum absolute atomic E-state index is 0.0482. The number of hydrogen-bond acceptors (Lipinski definition) is 8. The zero-order valence-corrected chi connectivity index (χ0v) is 15.0. The van der Waals surface area contributed by atoms with E-state index in [1.165, 1.54) is 20.4 Å². The third-order valence-electron chi connectivity index (χ3n) is 3.22. The molecule has 0 atom stereocenters. The molecule has 1 saturated heterocycles. The highest BCUT2D eigenvalue weighted by atomic mass is 32.2. The van der Waals surface area contributed by atoms with E-state index < -0.39 is 11.9 Å². The number of aromatic hydroxyl groups is 1. The second-order valence-electron chi connectivity index (χ2n) is 4.96. The molecule has 1 aliphatic heterocycles. The number of nitrogens with one attached hydrogen (secondary N) is 1. The summed E-state index contributed by atoms with van der Waals surface area (Å²) in [6.45, 7) is 3.65. The van der Waals surface area contributed by atoms with E-state index in [9.17, 15) is 14.7 Å². The molecule has 1 fully saturated rings. The number of phenolic OH excluding ortho intramolecular Hbond substituents is 1. The number of carbonyl (C=O) groups is 2. The van der Waals surface area contributed by atoms with Crippen molar-refractivity contribution in [3.63, 3.8) is 0 Å². The molecule has 0 unspecified atom stereocenters. The number of amidine groups is 1. The Hall–Kier alpha value is -3.07. The van der Waals surface area contributed by atoms with Gasteiger partial charge in [0.2, 0.25) is 0 Å². The highest BCUT2D eigenvalue weighted by Gasteiger charge is 2.25. The molecule has 1 aromatic carbocycles. The van der Waals surface area contributed by atoms with Gasteiger partial charge < -0.3 is 14.6 Å². The smallest absolute Gasteiger partial charge is 0.331 e. The molecule has 0 aromatic heterocycles. The first-order valence-electron chi connectivity index (χ1n) is 7.39. The molecule has 9 heteroatoms. The molecule has 2 N–H and O–H groups in total. The molecule has 136 valence electrons. The van der Waals surface area contributed by atoms with Gasteiger partial charge in [0.15, 0.2) is 16.7 Å². The number of hydrogen-bond donors (Lipinski definition) is 2. The highest BCUT2D eigenvalue weighted by molar-refractivity contribution is 8.18. The van der Waals surface area contributed by atoms with Crippen molar-refractivity contribution in [1.29, 1.82) is 0 Å². The van der Waals surface area contributed by atoms with Crippen LogP contribution in [0.2, 0.25) is 0 Å². The Morgan fingerprint density at radius 2 is 2.19 bits per heavy atom. The summed E-state index contributed by atoms with van der Waals surface area (Å²) in [4.78, 5) is 23.1. The molecule has 0 spiro atoms. The highest BCUT2D eigenvalue weighted by Crippen LogP contribution is 2.31. The lowest BCUT2D eigenvalue weighted by atomic mass is 10.1. The van der Waals surface area contributed by atoms with Crippen LogP contribution in [0.4, 0.5) is 0 Å². The molecule has 1 amide bonds. The van der Waals surface area contributed by atoms with Crippen molar-refractivity contribution in [3.05, 3.63) is 46.9 Å². The molecule has 0 saturated carbocycles. The molecule has 0 bridgehead atoms. The lowest BCUT2D eigenvalue weighted by Crippen LogP contribution is -2.19. The van der Waals surface area contributed by atoms with Crippen molar-refractivity contribution < 1.29 is 24.2 Å². The maximum Gasteiger partial charge on any atom is 0.331 e. The number of ether oxygens (including phenoxy) is 2. The lowest BCUT2D eigenvalue weighted by Gasteiger charge is -2.08. The van der Waals surface area contributed by atoms with Crippen molar-refractivity contribution in [2.75, 3.05) is 14.2 Å². The third kappa shape index (κ3) is 4.73. The molecule has 2 rings (SSSR count). The van der Waals surface area contributed by atoms with Crippen LogP contribution in [0.5, 0.6) is 11.5 Å². The molecular weight excluding hydrogens is 358 g/mol. The largest absolute Gasteiger partial charge is 0.504 e. The minimum Gasteiger partial charge on any atom is -0.504 e. The topological polar surface area (TPSA) is 110 Å². The van der Waals surface area contributed by atoms with Gasteiger partial charge >= 0.3 is 5.97 Å². The predicted molar refractivity (Wildman–Crippen MR) is 99.4 cm³/mol. The van der Waals surface area contributed by atoms with Crippen molar-refractivity contribution in [2.24, 2.45) is 10.2 Å². The number of nitrogens with zero attached hydrogens (tertiary/aromatic N) is 2. The first kappa shape index (κ1) is 19.3. The van der Waals surface area contributed by atoms with Crippen molar-refractivity contribution in [3.8, 4) is 11.5 Å². The SMILES string of the molecule is C=CCc1cc(C=N/N=C2/NC(=O)/C(=C\C(=O)OC)S2)cc(OC)c1O. The Morgan fingerprint density at radius 3 is 2.85 bits per heavy atom. The molecule has 0 radical (unpaired) electrons. The standard InChI is InChI=1S/C17H17N3O5S/c1-4-5-11-6-10(7-12(24-2)15(11)22)9-18-20-17-19-16(23)13(26-17)8-14(21)25-3/h4,6-9,22H,1,5H2,2-3H3,(H,19,20,23)/b13-8+,18-9?. The lowest BCUT2D eigenvalue weighted by molar-refractivity contribution is -0.135. The summed E-state index contributed by atoms with van der Waals surface area (Å²) in [5.74, 6) is -0.718. The fraction of sp³-hybridized carbons (Fsp3) is 0.176. The molecule has 1 aliphatic rings. The van der Waals surface area contributed by atoms with Crippen molar-refractivity contribution in [1.82, 2.24) is 5.32 Å². The van der Waals surface area contributed by atoms with Gasteiger partial charge in [0, 0.05) is 11.6 Å². The number of esters is 1. The average molecular weight is 375 g/mol.